The molecule has 0 saturated heterocycles. The number of benzene rings is 1. The van der Waals surface area contributed by atoms with Crippen molar-refractivity contribution in [3.05, 3.63) is 60.3 Å². The van der Waals surface area contributed by atoms with Crippen molar-refractivity contribution in [2.24, 2.45) is 4.99 Å². The Morgan fingerprint density at radius 1 is 1.06 bits per heavy atom. The van der Waals surface area contributed by atoms with Gasteiger partial charge in [-0.15, -0.1) is 0 Å². The standard InChI is InChI=1S/C12H9BF2N2O/c14-13(15)18-12(10-6-2-1-3-7-10)17-11-8-4-5-9-16-11/h1-9H/b17-12+. The van der Waals surface area contributed by atoms with E-state index in [0.29, 0.717) is 11.4 Å². The number of pyridine rings is 1. The third-order valence-corrected chi connectivity index (χ3v) is 2.09. The minimum Gasteiger partial charge on any atom is -0.490 e. The van der Waals surface area contributed by atoms with Gasteiger partial charge in [0.1, 0.15) is 0 Å². The highest BCUT2D eigenvalue weighted by atomic mass is 19.2. The zero-order valence-corrected chi connectivity index (χ0v) is 9.33. The lowest BCUT2D eigenvalue weighted by atomic mass is 10.2. The fraction of sp³-hybridized carbons (Fsp3) is 0. The average Bonchev–Trinajstić information content (AvgIpc) is 2.40. The Kier molecular flexibility index (Phi) is 4.01. The summed E-state index contributed by atoms with van der Waals surface area (Å²) in [6.07, 6.45) is 1.53. The summed E-state index contributed by atoms with van der Waals surface area (Å²) in [5.41, 5.74) is 0.475. The SMILES string of the molecule is FB(F)O/C(=N/c1ccccn1)c1ccccc1. The molecule has 0 aliphatic heterocycles. The zero-order chi connectivity index (χ0) is 12.8. The van der Waals surface area contributed by atoms with Crippen LogP contribution in [0.15, 0.2) is 59.7 Å². The molecule has 90 valence electrons. The molecule has 0 radical (unpaired) electrons. The second-order valence-electron chi connectivity index (χ2n) is 3.35. The third-order valence-electron chi connectivity index (χ3n) is 2.09. The molecule has 1 heterocycles. The molecule has 2 aromatic rings. The van der Waals surface area contributed by atoms with Crippen molar-refractivity contribution in [3.8, 4) is 0 Å². The molecule has 0 atom stereocenters. The maximum Gasteiger partial charge on any atom is 0.797 e. The number of halogens is 2. The number of hydrogen-bond acceptors (Lipinski definition) is 3. The van der Waals surface area contributed by atoms with E-state index in [4.69, 9.17) is 0 Å². The lowest BCUT2D eigenvalue weighted by Gasteiger charge is -2.06. The van der Waals surface area contributed by atoms with E-state index in [-0.39, 0.29) is 5.90 Å². The second kappa shape index (κ2) is 5.91. The minimum absolute atomic E-state index is 0.149. The molecule has 0 fully saturated rings. The molecule has 3 nitrogen and oxygen atoms in total. The van der Waals surface area contributed by atoms with Crippen LogP contribution in [0.5, 0.6) is 0 Å². The van der Waals surface area contributed by atoms with Gasteiger partial charge in [0, 0.05) is 11.8 Å². The van der Waals surface area contributed by atoms with E-state index in [9.17, 15) is 8.63 Å². The summed E-state index contributed by atoms with van der Waals surface area (Å²) >= 11 is 0. The molecule has 1 aromatic carbocycles. The van der Waals surface area contributed by atoms with Gasteiger partial charge in [0.05, 0.1) is 0 Å². The predicted molar refractivity (Wildman–Crippen MR) is 65.9 cm³/mol. The minimum atomic E-state index is -2.92. The summed E-state index contributed by atoms with van der Waals surface area (Å²) in [6.45, 7) is 0. The zero-order valence-electron chi connectivity index (χ0n) is 9.33. The van der Waals surface area contributed by atoms with Gasteiger partial charge in [0.25, 0.3) is 0 Å². The number of aromatic nitrogens is 1. The number of nitrogens with zero attached hydrogens (tertiary/aromatic N) is 2. The first-order valence-electron chi connectivity index (χ1n) is 5.25. The van der Waals surface area contributed by atoms with Crippen LogP contribution in [-0.4, -0.2) is 18.4 Å². The maximum absolute atomic E-state index is 12.3. The highest BCUT2D eigenvalue weighted by Gasteiger charge is 2.21. The summed E-state index contributed by atoms with van der Waals surface area (Å²) in [4.78, 5) is 7.91. The van der Waals surface area contributed by atoms with Crippen molar-refractivity contribution in [1.29, 1.82) is 0 Å². The van der Waals surface area contributed by atoms with E-state index < -0.39 is 7.47 Å². The second-order valence-corrected chi connectivity index (χ2v) is 3.35. The van der Waals surface area contributed by atoms with E-state index in [2.05, 4.69) is 14.6 Å². The van der Waals surface area contributed by atoms with Crippen LogP contribution in [0.4, 0.5) is 14.4 Å². The Morgan fingerprint density at radius 3 is 2.39 bits per heavy atom. The molecule has 1 aromatic heterocycles. The van der Waals surface area contributed by atoms with Gasteiger partial charge < -0.3 is 4.65 Å². The number of rotatable bonds is 3. The van der Waals surface area contributed by atoms with E-state index >= 15 is 0 Å². The van der Waals surface area contributed by atoms with E-state index in [1.54, 1.807) is 48.5 Å². The Morgan fingerprint density at radius 2 is 1.78 bits per heavy atom. The Balaban J connectivity index is 2.34. The van der Waals surface area contributed by atoms with E-state index in [1.807, 2.05) is 0 Å². The first-order chi connectivity index (χ1) is 8.75. The Bertz CT molecular complexity index is 520. The fourth-order valence-corrected chi connectivity index (χ4v) is 1.35. The largest absolute Gasteiger partial charge is 0.797 e. The van der Waals surface area contributed by atoms with Crippen LogP contribution in [0.2, 0.25) is 0 Å². The Labute approximate surface area is 103 Å². The van der Waals surface area contributed by atoms with Crippen molar-refractivity contribution < 1.29 is 13.3 Å². The van der Waals surface area contributed by atoms with Gasteiger partial charge in [0.2, 0.25) is 5.90 Å². The van der Waals surface area contributed by atoms with Gasteiger partial charge in [-0.3, -0.25) is 0 Å². The van der Waals surface area contributed by atoms with Crippen LogP contribution in [0.25, 0.3) is 0 Å². The van der Waals surface area contributed by atoms with E-state index in [1.165, 1.54) is 6.20 Å². The molecule has 18 heavy (non-hydrogen) atoms. The molecule has 0 aliphatic carbocycles. The molecule has 0 N–H and O–H groups in total. The summed E-state index contributed by atoms with van der Waals surface area (Å²) < 4.78 is 29.1. The van der Waals surface area contributed by atoms with Crippen LogP contribution >= 0.6 is 0 Å². The lowest BCUT2D eigenvalue weighted by molar-refractivity contribution is 0.420. The van der Waals surface area contributed by atoms with Crippen molar-refractivity contribution in [1.82, 2.24) is 4.98 Å². The lowest BCUT2D eigenvalue weighted by Crippen LogP contribution is -2.14. The molecule has 0 saturated carbocycles. The monoisotopic (exact) mass is 246 g/mol. The summed E-state index contributed by atoms with van der Waals surface area (Å²) in [6, 6.07) is 13.6. The number of hydrogen-bond donors (Lipinski definition) is 0. The van der Waals surface area contributed by atoms with Crippen molar-refractivity contribution in [2.45, 2.75) is 0 Å². The summed E-state index contributed by atoms with van der Waals surface area (Å²) in [5.74, 6) is 0.168. The van der Waals surface area contributed by atoms with Crippen LogP contribution in [0.3, 0.4) is 0 Å². The van der Waals surface area contributed by atoms with Gasteiger partial charge in [-0.1, -0.05) is 24.3 Å². The van der Waals surface area contributed by atoms with E-state index in [0.717, 1.165) is 0 Å². The highest BCUT2D eigenvalue weighted by Crippen LogP contribution is 2.12. The molecule has 2 rings (SSSR count). The quantitative estimate of drug-likeness (QED) is 0.473. The average molecular weight is 246 g/mol. The normalized spacial score (nSPS) is 11.1. The van der Waals surface area contributed by atoms with Crippen LogP contribution in [0.1, 0.15) is 5.56 Å². The smallest absolute Gasteiger partial charge is 0.490 e. The molecule has 6 heteroatoms. The number of aliphatic imine (C=N–C) groups is 1. The molecule has 0 spiro atoms. The molecular weight excluding hydrogens is 237 g/mol. The topological polar surface area (TPSA) is 34.5 Å². The van der Waals surface area contributed by atoms with Crippen LogP contribution in [0, 0.1) is 0 Å². The van der Waals surface area contributed by atoms with Gasteiger partial charge >= 0.3 is 7.47 Å². The van der Waals surface area contributed by atoms with Crippen molar-refractivity contribution in [3.63, 3.8) is 0 Å². The third kappa shape index (κ3) is 3.38. The molecule has 0 aliphatic rings. The summed E-state index contributed by atoms with van der Waals surface area (Å²) in [5, 5.41) is 0. The highest BCUT2D eigenvalue weighted by molar-refractivity contribution is 6.38. The predicted octanol–water partition coefficient (Wildman–Crippen LogP) is 3.10. The molecular formula is C12H9BF2N2O. The van der Waals surface area contributed by atoms with Crippen molar-refractivity contribution in [2.75, 3.05) is 0 Å². The van der Waals surface area contributed by atoms with Gasteiger partial charge in [-0.25, -0.2) is 13.6 Å². The molecule has 0 unspecified atom stereocenters. The Hall–Kier alpha value is -2.24. The van der Waals surface area contributed by atoms with Gasteiger partial charge in [0.15, 0.2) is 5.82 Å². The van der Waals surface area contributed by atoms with Crippen molar-refractivity contribution >= 4 is 19.2 Å². The van der Waals surface area contributed by atoms with Gasteiger partial charge in [-0.05, 0) is 24.3 Å². The fourth-order valence-electron chi connectivity index (χ4n) is 1.35. The summed E-state index contributed by atoms with van der Waals surface area (Å²) in [7, 11) is -2.92. The molecule has 0 bridgehead atoms. The van der Waals surface area contributed by atoms with Crippen LogP contribution < -0.4 is 0 Å². The molecule has 0 amide bonds. The van der Waals surface area contributed by atoms with Crippen LogP contribution in [-0.2, 0) is 4.65 Å². The first kappa shape index (κ1) is 12.2. The maximum atomic E-state index is 12.3. The first-order valence-corrected chi connectivity index (χ1v) is 5.25. The van der Waals surface area contributed by atoms with Gasteiger partial charge in [-0.2, -0.15) is 4.99 Å².